The van der Waals surface area contributed by atoms with Crippen molar-refractivity contribution in [3.05, 3.63) is 0 Å². The maximum atomic E-state index is 12.9. The van der Waals surface area contributed by atoms with Gasteiger partial charge in [-0.1, -0.05) is 32.1 Å². The zero-order valence-electron chi connectivity index (χ0n) is 11.7. The Kier molecular flexibility index (Phi) is 5.75. The van der Waals surface area contributed by atoms with Gasteiger partial charge in [-0.05, 0) is 18.8 Å². The van der Waals surface area contributed by atoms with Crippen LogP contribution in [-0.2, 0) is 4.79 Å². The molecule has 0 amide bonds. The van der Waals surface area contributed by atoms with Gasteiger partial charge in [-0.15, -0.1) is 0 Å². The SMILES string of the molecule is O=C(O)C(C1CCCCCCC1)C(O)(C(F)(F)F)C(F)(F)F. The second kappa shape index (κ2) is 6.64. The van der Waals surface area contributed by atoms with Gasteiger partial charge in [-0.25, -0.2) is 0 Å². The largest absolute Gasteiger partial charge is 0.481 e. The van der Waals surface area contributed by atoms with E-state index in [2.05, 4.69) is 0 Å². The van der Waals surface area contributed by atoms with Gasteiger partial charge in [0.25, 0.3) is 5.60 Å². The molecule has 1 aliphatic carbocycles. The van der Waals surface area contributed by atoms with Crippen molar-refractivity contribution in [3.8, 4) is 0 Å². The van der Waals surface area contributed by atoms with E-state index in [1.54, 1.807) is 0 Å². The monoisotopic (exact) mass is 336 g/mol. The molecule has 0 bridgehead atoms. The highest BCUT2D eigenvalue weighted by Crippen LogP contribution is 2.51. The third kappa shape index (κ3) is 3.67. The van der Waals surface area contributed by atoms with Gasteiger partial charge in [-0.2, -0.15) is 26.3 Å². The lowest BCUT2D eigenvalue weighted by molar-refractivity contribution is -0.386. The molecule has 0 saturated heterocycles. The molecule has 0 aromatic rings. The Labute approximate surface area is 123 Å². The molecular formula is C13H18F6O3. The smallest absolute Gasteiger partial charge is 0.427 e. The van der Waals surface area contributed by atoms with Gasteiger partial charge in [0, 0.05) is 0 Å². The number of carbonyl (C=O) groups is 1. The van der Waals surface area contributed by atoms with Crippen LogP contribution in [0.1, 0.15) is 44.9 Å². The molecular weight excluding hydrogens is 318 g/mol. The molecule has 22 heavy (non-hydrogen) atoms. The molecule has 130 valence electrons. The average Bonchev–Trinajstić information content (AvgIpc) is 2.28. The lowest BCUT2D eigenvalue weighted by Gasteiger charge is -2.40. The first kappa shape index (κ1) is 19.1. The molecule has 0 heterocycles. The van der Waals surface area contributed by atoms with Crippen LogP contribution in [0, 0.1) is 11.8 Å². The number of alkyl halides is 6. The second-order valence-corrected chi connectivity index (χ2v) is 5.68. The Bertz CT molecular complexity index is 368. The standard InChI is InChI=1S/C13H18F6O3/c14-12(15,16)11(22,13(17,18)19)9(10(20)21)8-6-4-2-1-3-5-7-8/h8-9,22H,1-7H2,(H,20,21). The van der Waals surface area contributed by atoms with Crippen LogP contribution >= 0.6 is 0 Å². The summed E-state index contributed by atoms with van der Waals surface area (Å²) in [7, 11) is 0. The van der Waals surface area contributed by atoms with E-state index >= 15 is 0 Å². The van der Waals surface area contributed by atoms with E-state index in [1.165, 1.54) is 0 Å². The van der Waals surface area contributed by atoms with Crippen molar-refractivity contribution >= 4 is 5.97 Å². The molecule has 1 atom stereocenters. The van der Waals surface area contributed by atoms with Crippen LogP contribution in [0.4, 0.5) is 26.3 Å². The average molecular weight is 336 g/mol. The lowest BCUT2D eigenvalue weighted by Crippen LogP contribution is -2.65. The van der Waals surface area contributed by atoms with Crippen molar-refractivity contribution in [2.24, 2.45) is 11.8 Å². The first-order valence-corrected chi connectivity index (χ1v) is 7.01. The zero-order valence-corrected chi connectivity index (χ0v) is 11.7. The van der Waals surface area contributed by atoms with Crippen LogP contribution < -0.4 is 0 Å². The van der Waals surface area contributed by atoms with Crippen LogP contribution in [0.2, 0.25) is 0 Å². The summed E-state index contributed by atoms with van der Waals surface area (Å²) >= 11 is 0. The molecule has 0 spiro atoms. The molecule has 1 rings (SSSR count). The number of hydrogen-bond donors (Lipinski definition) is 2. The van der Waals surface area contributed by atoms with Crippen LogP contribution in [0.5, 0.6) is 0 Å². The topological polar surface area (TPSA) is 57.5 Å². The summed E-state index contributed by atoms with van der Waals surface area (Å²) in [6.07, 6.45) is -9.63. The molecule has 1 saturated carbocycles. The summed E-state index contributed by atoms with van der Waals surface area (Å²) in [4.78, 5) is 11.2. The highest BCUT2D eigenvalue weighted by Gasteiger charge is 2.76. The molecule has 0 aliphatic heterocycles. The van der Waals surface area contributed by atoms with Crippen molar-refractivity contribution in [2.75, 3.05) is 0 Å². The van der Waals surface area contributed by atoms with Gasteiger partial charge in [0.1, 0.15) is 5.92 Å². The van der Waals surface area contributed by atoms with Crippen LogP contribution in [0.3, 0.4) is 0 Å². The van der Waals surface area contributed by atoms with Crippen molar-refractivity contribution in [3.63, 3.8) is 0 Å². The zero-order chi connectivity index (χ0) is 17.2. The van der Waals surface area contributed by atoms with Gasteiger partial charge in [0.2, 0.25) is 0 Å². The van der Waals surface area contributed by atoms with E-state index < -0.39 is 35.8 Å². The Hall–Kier alpha value is -0.990. The van der Waals surface area contributed by atoms with Gasteiger partial charge in [0.15, 0.2) is 0 Å². The minimum absolute atomic E-state index is 0.0779. The molecule has 1 fully saturated rings. The minimum atomic E-state index is -6.11. The van der Waals surface area contributed by atoms with E-state index in [1.807, 2.05) is 0 Å². The van der Waals surface area contributed by atoms with E-state index in [0.717, 1.165) is 6.42 Å². The number of hydrogen-bond acceptors (Lipinski definition) is 2. The fourth-order valence-corrected chi connectivity index (χ4v) is 3.06. The third-order valence-electron chi connectivity index (χ3n) is 4.20. The number of halogens is 6. The summed E-state index contributed by atoms with van der Waals surface area (Å²) < 4.78 is 77.5. The molecule has 9 heteroatoms. The Balaban J connectivity index is 3.27. The fourth-order valence-electron chi connectivity index (χ4n) is 3.06. The van der Waals surface area contributed by atoms with Crippen LogP contribution in [0.15, 0.2) is 0 Å². The van der Waals surface area contributed by atoms with Gasteiger partial charge in [0.05, 0.1) is 0 Å². The lowest BCUT2D eigenvalue weighted by atomic mass is 9.72. The Morgan fingerprint density at radius 2 is 1.23 bits per heavy atom. The van der Waals surface area contributed by atoms with E-state index in [4.69, 9.17) is 5.11 Å². The summed E-state index contributed by atoms with van der Waals surface area (Å²) in [6, 6.07) is 0. The summed E-state index contributed by atoms with van der Waals surface area (Å²) in [6.45, 7) is 0. The predicted octanol–water partition coefficient (Wildman–Crippen LogP) is 3.90. The first-order valence-electron chi connectivity index (χ1n) is 7.01. The maximum Gasteiger partial charge on any atom is 0.427 e. The quantitative estimate of drug-likeness (QED) is 0.769. The fraction of sp³-hybridized carbons (Fsp3) is 0.923. The third-order valence-corrected chi connectivity index (χ3v) is 4.20. The molecule has 1 aliphatic rings. The van der Waals surface area contributed by atoms with Crippen molar-refractivity contribution < 1.29 is 41.4 Å². The Morgan fingerprint density at radius 3 is 1.55 bits per heavy atom. The van der Waals surface area contributed by atoms with Crippen LogP contribution in [-0.4, -0.2) is 34.1 Å². The predicted molar refractivity (Wildman–Crippen MR) is 64.0 cm³/mol. The molecule has 2 N–H and O–H groups in total. The number of aliphatic hydroxyl groups is 1. The second-order valence-electron chi connectivity index (χ2n) is 5.68. The van der Waals surface area contributed by atoms with Gasteiger partial charge < -0.3 is 10.2 Å². The first-order chi connectivity index (χ1) is 9.93. The van der Waals surface area contributed by atoms with E-state index in [-0.39, 0.29) is 12.8 Å². The highest BCUT2D eigenvalue weighted by molar-refractivity contribution is 5.72. The van der Waals surface area contributed by atoms with Crippen LogP contribution in [0.25, 0.3) is 0 Å². The number of carboxylic acids is 1. The van der Waals surface area contributed by atoms with E-state index in [9.17, 15) is 36.2 Å². The molecule has 1 unspecified atom stereocenters. The molecule has 0 radical (unpaired) electrons. The van der Waals surface area contributed by atoms with E-state index in [0.29, 0.717) is 25.7 Å². The summed E-state index contributed by atoms with van der Waals surface area (Å²) in [5.41, 5.74) is -5.24. The van der Waals surface area contributed by atoms with Gasteiger partial charge >= 0.3 is 18.3 Å². The normalized spacial score (nSPS) is 21.0. The Morgan fingerprint density at radius 1 is 0.864 bits per heavy atom. The minimum Gasteiger partial charge on any atom is -0.481 e. The number of rotatable bonds is 3. The van der Waals surface area contributed by atoms with Crippen molar-refractivity contribution in [1.29, 1.82) is 0 Å². The van der Waals surface area contributed by atoms with Gasteiger partial charge in [-0.3, -0.25) is 4.79 Å². The van der Waals surface area contributed by atoms with Crippen molar-refractivity contribution in [2.45, 2.75) is 62.9 Å². The number of carboxylic acid groups (broad SMARTS) is 1. The maximum absolute atomic E-state index is 12.9. The summed E-state index contributed by atoms with van der Waals surface area (Å²) in [5, 5.41) is 18.4. The molecule has 3 nitrogen and oxygen atoms in total. The molecule has 0 aromatic carbocycles. The van der Waals surface area contributed by atoms with Crippen molar-refractivity contribution in [1.82, 2.24) is 0 Å². The number of aliphatic carboxylic acids is 1. The summed E-state index contributed by atoms with van der Waals surface area (Å²) in [5.74, 6) is -6.60. The molecule has 0 aromatic heterocycles. The highest BCUT2D eigenvalue weighted by atomic mass is 19.4.